The SMILES string of the molecule is CCCCC(C(C)CC)([P+](=O)O)C(c1ccccc1)(c1ccccc1)C(C)[P+](=O)O. The maximum atomic E-state index is 13.4. The van der Waals surface area contributed by atoms with Crippen molar-refractivity contribution in [1.82, 2.24) is 0 Å². The van der Waals surface area contributed by atoms with Gasteiger partial charge in [0.25, 0.3) is 0 Å². The van der Waals surface area contributed by atoms with Crippen molar-refractivity contribution in [3.63, 3.8) is 0 Å². The lowest BCUT2D eigenvalue weighted by Gasteiger charge is -2.46. The summed E-state index contributed by atoms with van der Waals surface area (Å²) in [6.07, 6.45) is 2.84. The Morgan fingerprint density at radius 2 is 1.33 bits per heavy atom. The zero-order chi connectivity index (χ0) is 22.4. The van der Waals surface area contributed by atoms with E-state index in [2.05, 4.69) is 6.92 Å². The van der Waals surface area contributed by atoms with Gasteiger partial charge in [-0.3, -0.25) is 0 Å². The molecule has 4 nitrogen and oxygen atoms in total. The van der Waals surface area contributed by atoms with Gasteiger partial charge in [0.2, 0.25) is 10.8 Å². The van der Waals surface area contributed by atoms with E-state index in [1.54, 1.807) is 6.92 Å². The summed E-state index contributed by atoms with van der Waals surface area (Å²) in [5, 5.41) is -1.09. The molecule has 0 amide bonds. The van der Waals surface area contributed by atoms with Crippen molar-refractivity contribution >= 4 is 16.1 Å². The molecule has 2 N–H and O–H groups in total. The quantitative estimate of drug-likeness (QED) is 0.371. The lowest BCUT2D eigenvalue weighted by atomic mass is 9.57. The van der Waals surface area contributed by atoms with Crippen LogP contribution in [0.1, 0.15) is 64.5 Å². The lowest BCUT2D eigenvalue weighted by molar-refractivity contribution is 0.211. The fourth-order valence-electron chi connectivity index (χ4n) is 5.13. The second-order valence-electron chi connectivity index (χ2n) is 8.13. The molecule has 0 fully saturated rings. The van der Waals surface area contributed by atoms with E-state index in [0.29, 0.717) is 12.8 Å². The molecule has 0 aliphatic heterocycles. The molecule has 0 aromatic heterocycles. The molecule has 0 bridgehead atoms. The molecule has 2 aromatic carbocycles. The Labute approximate surface area is 182 Å². The number of hydrogen-bond acceptors (Lipinski definition) is 2. The van der Waals surface area contributed by atoms with Gasteiger partial charge in [-0.15, -0.1) is 0 Å². The highest BCUT2D eigenvalue weighted by atomic mass is 31.1. The van der Waals surface area contributed by atoms with Crippen LogP contribution in [0.15, 0.2) is 60.7 Å². The standard InChI is InChI=1S/C24H32O4P2/c1-5-7-18-23(30(27)28,19(3)6-2)24(20(4)29(25)26,21-14-10-8-11-15-21)22-16-12-9-13-17-22/h8-17,19-20H,5-7,18H2,1-4H3/p+2. The first kappa shape index (κ1) is 24.8. The first-order valence-electron chi connectivity index (χ1n) is 10.7. The van der Waals surface area contributed by atoms with E-state index in [1.807, 2.05) is 74.5 Å². The van der Waals surface area contributed by atoms with Crippen molar-refractivity contribution in [2.75, 3.05) is 0 Å². The highest BCUT2D eigenvalue weighted by molar-refractivity contribution is 7.41. The largest absolute Gasteiger partial charge is 0.513 e. The van der Waals surface area contributed by atoms with Crippen LogP contribution in [0.25, 0.3) is 0 Å². The average Bonchev–Trinajstić information content (AvgIpc) is 2.76. The van der Waals surface area contributed by atoms with Gasteiger partial charge in [-0.05, 0) is 40.0 Å². The van der Waals surface area contributed by atoms with Crippen LogP contribution in [0.5, 0.6) is 0 Å². The van der Waals surface area contributed by atoms with Gasteiger partial charge in [0.15, 0.2) is 0 Å². The molecular formula is C24H34O4P2+2. The van der Waals surface area contributed by atoms with Gasteiger partial charge in [0.1, 0.15) is 5.41 Å². The Bertz CT molecular complexity index is 801. The molecular weight excluding hydrogens is 414 g/mol. The minimum atomic E-state index is -2.69. The average molecular weight is 448 g/mol. The number of benzene rings is 2. The van der Waals surface area contributed by atoms with Crippen molar-refractivity contribution in [2.45, 2.75) is 69.6 Å². The highest BCUT2D eigenvalue weighted by Gasteiger charge is 2.73. The van der Waals surface area contributed by atoms with Crippen molar-refractivity contribution in [2.24, 2.45) is 5.92 Å². The lowest BCUT2D eigenvalue weighted by Crippen LogP contribution is -2.58. The molecule has 0 radical (unpaired) electrons. The normalized spacial score (nSPS) is 17.0. The van der Waals surface area contributed by atoms with Gasteiger partial charge in [-0.25, -0.2) is 0 Å². The molecule has 6 heteroatoms. The summed E-state index contributed by atoms with van der Waals surface area (Å²) in [7, 11) is -5.31. The van der Waals surface area contributed by atoms with Crippen LogP contribution < -0.4 is 0 Å². The predicted molar refractivity (Wildman–Crippen MR) is 124 cm³/mol. The molecule has 0 spiro atoms. The second kappa shape index (κ2) is 10.7. The van der Waals surface area contributed by atoms with Gasteiger partial charge < -0.3 is 0 Å². The third kappa shape index (κ3) is 4.16. The molecule has 5 atom stereocenters. The van der Waals surface area contributed by atoms with Gasteiger partial charge in [-0.2, -0.15) is 9.79 Å². The van der Waals surface area contributed by atoms with Crippen molar-refractivity contribution in [3.05, 3.63) is 71.8 Å². The maximum Gasteiger partial charge on any atom is 0.513 e. The summed E-state index contributed by atoms with van der Waals surface area (Å²) in [5.74, 6) is -0.143. The highest BCUT2D eigenvalue weighted by Crippen LogP contribution is 2.64. The summed E-state index contributed by atoms with van der Waals surface area (Å²) >= 11 is 0. The molecule has 5 unspecified atom stereocenters. The zero-order valence-corrected chi connectivity index (χ0v) is 20.2. The Morgan fingerprint density at radius 3 is 1.67 bits per heavy atom. The molecule has 0 aliphatic rings. The van der Waals surface area contributed by atoms with Crippen molar-refractivity contribution in [3.8, 4) is 0 Å². The fourth-order valence-corrected chi connectivity index (χ4v) is 7.75. The van der Waals surface area contributed by atoms with Crippen molar-refractivity contribution in [1.29, 1.82) is 0 Å². The monoisotopic (exact) mass is 448 g/mol. The predicted octanol–water partition coefficient (Wildman–Crippen LogP) is 6.81. The molecule has 2 aromatic rings. The minimum absolute atomic E-state index is 0.143. The Hall–Kier alpha value is -1.44. The van der Waals surface area contributed by atoms with E-state index >= 15 is 0 Å². The van der Waals surface area contributed by atoms with Crippen LogP contribution in [0, 0.1) is 5.92 Å². The first-order chi connectivity index (χ1) is 14.3. The third-order valence-electron chi connectivity index (χ3n) is 6.78. The molecule has 30 heavy (non-hydrogen) atoms. The van der Waals surface area contributed by atoms with Crippen LogP contribution in [0.3, 0.4) is 0 Å². The molecule has 0 saturated carbocycles. The summed E-state index contributed by atoms with van der Waals surface area (Å²) in [6.45, 7) is 7.85. The first-order valence-corrected chi connectivity index (χ1v) is 13.2. The van der Waals surface area contributed by atoms with Crippen molar-refractivity contribution < 1.29 is 18.9 Å². The Morgan fingerprint density at radius 1 is 0.867 bits per heavy atom. The van der Waals surface area contributed by atoms with Crippen LogP contribution in [-0.2, 0) is 14.5 Å². The summed E-state index contributed by atoms with van der Waals surface area (Å²) in [4.78, 5) is 21.4. The molecule has 0 heterocycles. The minimum Gasteiger partial charge on any atom is -0.160 e. The van der Waals surface area contributed by atoms with E-state index in [0.717, 1.165) is 24.0 Å². The van der Waals surface area contributed by atoms with Crippen LogP contribution in [0.4, 0.5) is 0 Å². The molecule has 162 valence electrons. The molecule has 0 saturated heterocycles. The smallest absolute Gasteiger partial charge is 0.160 e. The summed E-state index contributed by atoms with van der Waals surface area (Å²) in [6, 6.07) is 19.1. The third-order valence-corrected chi connectivity index (χ3v) is 9.53. The van der Waals surface area contributed by atoms with E-state index < -0.39 is 32.3 Å². The van der Waals surface area contributed by atoms with E-state index in [4.69, 9.17) is 0 Å². The Balaban J connectivity index is 3.10. The number of hydrogen-bond donors (Lipinski definition) is 2. The van der Waals surface area contributed by atoms with Gasteiger partial charge >= 0.3 is 16.1 Å². The van der Waals surface area contributed by atoms with Crippen LogP contribution >= 0.6 is 16.1 Å². The van der Waals surface area contributed by atoms with Crippen LogP contribution in [-0.4, -0.2) is 20.6 Å². The van der Waals surface area contributed by atoms with E-state index in [-0.39, 0.29) is 5.92 Å². The van der Waals surface area contributed by atoms with E-state index in [1.165, 1.54) is 0 Å². The van der Waals surface area contributed by atoms with Gasteiger partial charge in [-0.1, -0.05) is 87.9 Å². The maximum absolute atomic E-state index is 13.4. The van der Waals surface area contributed by atoms with E-state index in [9.17, 15) is 18.9 Å². The molecule has 0 aliphatic carbocycles. The Kier molecular flexibility index (Phi) is 8.88. The summed E-state index contributed by atoms with van der Waals surface area (Å²) in [5.41, 5.74) is -0.219. The second-order valence-corrected chi connectivity index (χ2v) is 10.9. The van der Waals surface area contributed by atoms with Gasteiger partial charge in [0, 0.05) is 12.3 Å². The number of rotatable bonds is 11. The van der Waals surface area contributed by atoms with Gasteiger partial charge in [0.05, 0.1) is 0 Å². The fraction of sp³-hybridized carbons (Fsp3) is 0.500. The molecule has 2 rings (SSSR count). The summed E-state index contributed by atoms with van der Waals surface area (Å²) < 4.78 is 26.1. The topological polar surface area (TPSA) is 74.6 Å². The van der Waals surface area contributed by atoms with Crippen LogP contribution in [0.2, 0.25) is 0 Å². The zero-order valence-electron chi connectivity index (χ0n) is 18.4. The number of unbranched alkanes of at least 4 members (excludes halogenated alkanes) is 1.